The van der Waals surface area contributed by atoms with E-state index in [4.69, 9.17) is 18.0 Å². The number of aryl methyl sites for hydroxylation is 1. The molecule has 6 heteroatoms. The van der Waals surface area contributed by atoms with Crippen LogP contribution in [0.3, 0.4) is 0 Å². The average Bonchev–Trinajstić information content (AvgIpc) is 2.34. The topological polar surface area (TPSA) is 63.4 Å². The van der Waals surface area contributed by atoms with Gasteiger partial charge in [0, 0.05) is 20.0 Å². The largest absolute Gasteiger partial charge is 0.393 e. The first-order chi connectivity index (χ1) is 8.42. The first-order valence-corrected chi connectivity index (χ1v) is 7.70. The normalized spacial score (nSPS) is 11.7. The molecule has 0 saturated carbocycles. The number of nitrogens with two attached hydrogens (primary N) is 1. The molecule has 1 rings (SSSR count). The van der Waals surface area contributed by atoms with Crippen molar-refractivity contribution in [2.45, 2.75) is 12.8 Å². The zero-order valence-electron chi connectivity index (χ0n) is 10.4. The lowest BCUT2D eigenvalue weighted by atomic mass is 10.2. The summed E-state index contributed by atoms with van der Waals surface area (Å²) in [6, 6.07) is 9.55. The summed E-state index contributed by atoms with van der Waals surface area (Å²) in [6.07, 6.45) is 0.928. The Bertz CT molecular complexity index is 486. The Morgan fingerprint density at radius 1 is 1.33 bits per heavy atom. The van der Waals surface area contributed by atoms with Crippen LogP contribution in [0.25, 0.3) is 0 Å². The summed E-state index contributed by atoms with van der Waals surface area (Å²) >= 11 is 4.73. The standard InChI is InChI=1S/C12H18N2O2S2/c1-14(9-7-12(13)17)18(15,16)10-8-11-5-3-2-4-6-11/h2-6H,7-10H2,1H3,(H2,13,17). The fraction of sp³-hybridized carbons (Fsp3) is 0.417. The molecule has 0 atom stereocenters. The summed E-state index contributed by atoms with van der Waals surface area (Å²) in [5, 5.41) is 0. The number of rotatable bonds is 7. The van der Waals surface area contributed by atoms with Gasteiger partial charge >= 0.3 is 0 Å². The van der Waals surface area contributed by atoms with Crippen molar-refractivity contribution >= 4 is 27.2 Å². The molecular formula is C12H18N2O2S2. The Morgan fingerprint density at radius 2 is 1.94 bits per heavy atom. The van der Waals surface area contributed by atoms with Crippen LogP contribution < -0.4 is 5.73 Å². The van der Waals surface area contributed by atoms with Crippen molar-refractivity contribution in [2.24, 2.45) is 5.73 Å². The van der Waals surface area contributed by atoms with Crippen LogP contribution >= 0.6 is 12.2 Å². The third-order valence-corrected chi connectivity index (χ3v) is 4.70. The lowest BCUT2D eigenvalue weighted by Gasteiger charge is -2.16. The highest BCUT2D eigenvalue weighted by Gasteiger charge is 2.17. The van der Waals surface area contributed by atoms with Gasteiger partial charge in [0.1, 0.15) is 0 Å². The molecule has 1 aromatic carbocycles. The first-order valence-electron chi connectivity index (χ1n) is 5.68. The van der Waals surface area contributed by atoms with E-state index in [1.54, 1.807) is 7.05 Å². The number of hydrogen-bond donors (Lipinski definition) is 1. The van der Waals surface area contributed by atoms with E-state index in [-0.39, 0.29) is 5.75 Å². The van der Waals surface area contributed by atoms with E-state index in [2.05, 4.69) is 0 Å². The molecule has 2 N–H and O–H groups in total. The van der Waals surface area contributed by atoms with Crippen molar-refractivity contribution in [3.63, 3.8) is 0 Å². The molecule has 0 fully saturated rings. The van der Waals surface area contributed by atoms with Crippen LogP contribution in [0.15, 0.2) is 30.3 Å². The molecule has 4 nitrogen and oxygen atoms in total. The van der Waals surface area contributed by atoms with E-state index in [1.165, 1.54) is 4.31 Å². The summed E-state index contributed by atoms with van der Waals surface area (Å²) in [4.78, 5) is 0.333. The average molecular weight is 286 g/mol. The fourth-order valence-electron chi connectivity index (χ4n) is 1.45. The third kappa shape index (κ3) is 5.12. The molecule has 0 spiro atoms. The highest BCUT2D eigenvalue weighted by atomic mass is 32.2. The molecule has 0 amide bonds. The number of benzene rings is 1. The second-order valence-electron chi connectivity index (χ2n) is 4.09. The first kappa shape index (κ1) is 15.1. The van der Waals surface area contributed by atoms with E-state index in [0.29, 0.717) is 24.4 Å². The van der Waals surface area contributed by atoms with E-state index >= 15 is 0 Å². The number of hydrogen-bond acceptors (Lipinski definition) is 3. The van der Waals surface area contributed by atoms with Gasteiger partial charge in [-0.1, -0.05) is 42.5 Å². The van der Waals surface area contributed by atoms with Gasteiger partial charge in [-0.15, -0.1) is 0 Å². The maximum Gasteiger partial charge on any atom is 0.214 e. The SMILES string of the molecule is CN(CCC(N)=S)S(=O)(=O)CCc1ccccc1. The summed E-state index contributed by atoms with van der Waals surface area (Å²) in [5.74, 6) is 0.102. The van der Waals surface area contributed by atoms with E-state index in [0.717, 1.165) is 5.56 Å². The van der Waals surface area contributed by atoms with Crippen molar-refractivity contribution in [3.05, 3.63) is 35.9 Å². The van der Waals surface area contributed by atoms with Crippen molar-refractivity contribution in [1.82, 2.24) is 4.31 Å². The van der Waals surface area contributed by atoms with Gasteiger partial charge < -0.3 is 5.73 Å². The second kappa shape index (κ2) is 6.82. The van der Waals surface area contributed by atoms with Crippen LogP contribution in [0.2, 0.25) is 0 Å². The van der Waals surface area contributed by atoms with Crippen molar-refractivity contribution in [2.75, 3.05) is 19.3 Å². The van der Waals surface area contributed by atoms with Crippen LogP contribution in [0.5, 0.6) is 0 Å². The van der Waals surface area contributed by atoms with Crippen molar-refractivity contribution < 1.29 is 8.42 Å². The maximum absolute atomic E-state index is 12.0. The van der Waals surface area contributed by atoms with E-state index < -0.39 is 10.0 Å². The third-order valence-electron chi connectivity index (χ3n) is 2.64. The highest BCUT2D eigenvalue weighted by molar-refractivity contribution is 7.89. The Kier molecular flexibility index (Phi) is 5.71. The molecule has 0 aromatic heterocycles. The predicted octanol–water partition coefficient (Wildman–Crippen LogP) is 1.17. The summed E-state index contributed by atoms with van der Waals surface area (Å²) in [5.41, 5.74) is 6.38. The minimum atomic E-state index is -3.24. The lowest BCUT2D eigenvalue weighted by Crippen LogP contribution is -2.32. The van der Waals surface area contributed by atoms with Gasteiger partial charge in [-0.25, -0.2) is 12.7 Å². The van der Waals surface area contributed by atoms with Gasteiger partial charge in [0.05, 0.1) is 10.7 Å². The molecule has 0 bridgehead atoms. The smallest absolute Gasteiger partial charge is 0.214 e. The molecule has 0 heterocycles. The minimum absolute atomic E-state index is 0.102. The monoisotopic (exact) mass is 286 g/mol. The Balaban J connectivity index is 2.51. The van der Waals surface area contributed by atoms with Crippen LogP contribution in [-0.2, 0) is 16.4 Å². The van der Waals surface area contributed by atoms with Gasteiger partial charge in [-0.05, 0) is 12.0 Å². The number of nitrogens with zero attached hydrogens (tertiary/aromatic N) is 1. The van der Waals surface area contributed by atoms with Crippen LogP contribution in [0.4, 0.5) is 0 Å². The molecule has 0 aliphatic heterocycles. The fourth-order valence-corrected chi connectivity index (χ4v) is 2.72. The summed E-state index contributed by atoms with van der Waals surface area (Å²) in [6.45, 7) is 0.340. The zero-order chi connectivity index (χ0) is 13.6. The summed E-state index contributed by atoms with van der Waals surface area (Å²) < 4.78 is 25.2. The minimum Gasteiger partial charge on any atom is -0.393 e. The maximum atomic E-state index is 12.0. The van der Waals surface area contributed by atoms with E-state index in [9.17, 15) is 8.42 Å². The van der Waals surface area contributed by atoms with Gasteiger partial charge in [0.15, 0.2) is 0 Å². The highest BCUT2D eigenvalue weighted by Crippen LogP contribution is 2.05. The van der Waals surface area contributed by atoms with Crippen molar-refractivity contribution in [1.29, 1.82) is 0 Å². The molecule has 0 unspecified atom stereocenters. The number of sulfonamides is 1. The molecule has 0 saturated heterocycles. The van der Waals surface area contributed by atoms with Gasteiger partial charge in [-0.3, -0.25) is 0 Å². The molecule has 0 aliphatic rings. The van der Waals surface area contributed by atoms with Crippen molar-refractivity contribution in [3.8, 4) is 0 Å². The quantitative estimate of drug-likeness (QED) is 0.764. The Morgan fingerprint density at radius 3 is 2.50 bits per heavy atom. The Labute approximate surface area is 114 Å². The molecule has 18 heavy (non-hydrogen) atoms. The second-order valence-corrected chi connectivity index (χ2v) is 6.81. The lowest BCUT2D eigenvalue weighted by molar-refractivity contribution is 0.478. The molecule has 0 aliphatic carbocycles. The van der Waals surface area contributed by atoms with Crippen LogP contribution in [0.1, 0.15) is 12.0 Å². The molecule has 100 valence electrons. The molecule has 1 aromatic rings. The van der Waals surface area contributed by atoms with E-state index in [1.807, 2.05) is 30.3 Å². The van der Waals surface area contributed by atoms with Crippen LogP contribution in [0, 0.1) is 0 Å². The van der Waals surface area contributed by atoms with Gasteiger partial charge in [0.2, 0.25) is 10.0 Å². The number of thiocarbonyl (C=S) groups is 1. The summed E-state index contributed by atoms with van der Waals surface area (Å²) in [7, 11) is -1.68. The Hall–Kier alpha value is -0.980. The predicted molar refractivity (Wildman–Crippen MR) is 78.0 cm³/mol. The van der Waals surface area contributed by atoms with Gasteiger partial charge in [0.25, 0.3) is 0 Å². The molecule has 0 radical (unpaired) electrons. The molecular weight excluding hydrogens is 268 g/mol. The van der Waals surface area contributed by atoms with Gasteiger partial charge in [-0.2, -0.15) is 0 Å². The van der Waals surface area contributed by atoms with Crippen LogP contribution in [-0.4, -0.2) is 37.1 Å². The zero-order valence-corrected chi connectivity index (χ0v) is 12.0.